The molecule has 1 saturated heterocycles. The lowest BCUT2D eigenvalue weighted by atomic mass is 10.0. The Kier molecular flexibility index (Phi) is 6.56. The SMILES string of the molecule is C/C=C(\C=N)c1ccc2cnc(NC(=O)c3cncc(NC4CCN(C)CC4)c3)cc2c1. The van der Waals surface area contributed by atoms with Gasteiger partial charge in [0.1, 0.15) is 5.82 Å². The van der Waals surface area contributed by atoms with E-state index in [2.05, 4.69) is 32.5 Å². The summed E-state index contributed by atoms with van der Waals surface area (Å²) in [5, 5.41) is 15.9. The lowest BCUT2D eigenvalue weighted by Gasteiger charge is -2.30. The van der Waals surface area contributed by atoms with Crippen LogP contribution in [-0.4, -0.2) is 53.2 Å². The minimum Gasteiger partial charge on any atom is -0.381 e. The zero-order valence-electron chi connectivity index (χ0n) is 18.4. The molecule has 1 fully saturated rings. The van der Waals surface area contributed by atoms with Gasteiger partial charge in [-0.05, 0) is 74.6 Å². The molecule has 1 aliphatic heterocycles. The van der Waals surface area contributed by atoms with Crippen LogP contribution in [-0.2, 0) is 0 Å². The second-order valence-corrected chi connectivity index (χ2v) is 8.16. The second kappa shape index (κ2) is 9.70. The molecule has 164 valence electrons. The molecule has 0 saturated carbocycles. The van der Waals surface area contributed by atoms with E-state index < -0.39 is 0 Å². The summed E-state index contributed by atoms with van der Waals surface area (Å²) < 4.78 is 0. The fraction of sp³-hybridized carbons (Fsp3) is 0.280. The molecule has 0 aliphatic carbocycles. The first kappa shape index (κ1) is 21.6. The highest BCUT2D eigenvalue weighted by Gasteiger charge is 2.17. The van der Waals surface area contributed by atoms with Gasteiger partial charge in [-0.25, -0.2) is 4.98 Å². The number of benzene rings is 1. The van der Waals surface area contributed by atoms with Crippen LogP contribution >= 0.6 is 0 Å². The van der Waals surface area contributed by atoms with Crippen LogP contribution in [0.25, 0.3) is 16.3 Å². The van der Waals surface area contributed by atoms with E-state index in [0.29, 0.717) is 17.4 Å². The van der Waals surface area contributed by atoms with E-state index >= 15 is 0 Å². The number of piperidine rings is 1. The molecule has 7 nitrogen and oxygen atoms in total. The van der Waals surface area contributed by atoms with E-state index in [9.17, 15) is 4.79 Å². The molecule has 0 unspecified atom stereocenters. The Morgan fingerprint density at radius 1 is 1.09 bits per heavy atom. The fourth-order valence-corrected chi connectivity index (χ4v) is 3.94. The molecule has 0 bridgehead atoms. The molecule has 3 N–H and O–H groups in total. The van der Waals surface area contributed by atoms with Crippen LogP contribution < -0.4 is 10.6 Å². The van der Waals surface area contributed by atoms with Gasteiger partial charge in [0.05, 0.1) is 11.3 Å². The van der Waals surface area contributed by atoms with Crippen molar-refractivity contribution in [3.8, 4) is 0 Å². The summed E-state index contributed by atoms with van der Waals surface area (Å²) in [4.78, 5) is 23.8. The number of amides is 1. The fourth-order valence-electron chi connectivity index (χ4n) is 3.94. The molecule has 7 heteroatoms. The number of nitrogens with zero attached hydrogens (tertiary/aromatic N) is 3. The van der Waals surface area contributed by atoms with E-state index in [1.165, 1.54) is 6.21 Å². The summed E-state index contributed by atoms with van der Waals surface area (Å²) in [5.74, 6) is 0.228. The van der Waals surface area contributed by atoms with Gasteiger partial charge >= 0.3 is 0 Å². The zero-order chi connectivity index (χ0) is 22.5. The third-order valence-electron chi connectivity index (χ3n) is 5.85. The molecular formula is C25H28N6O. The Balaban J connectivity index is 1.49. The number of anilines is 2. The van der Waals surface area contributed by atoms with Crippen molar-refractivity contribution >= 4 is 40.0 Å². The van der Waals surface area contributed by atoms with Crippen molar-refractivity contribution in [2.45, 2.75) is 25.8 Å². The number of pyridine rings is 2. The number of hydrogen-bond acceptors (Lipinski definition) is 6. The van der Waals surface area contributed by atoms with E-state index in [4.69, 9.17) is 5.41 Å². The Hall–Kier alpha value is -3.58. The average molecular weight is 429 g/mol. The third kappa shape index (κ3) is 5.00. The predicted octanol–water partition coefficient (Wildman–Crippen LogP) is 4.44. The van der Waals surface area contributed by atoms with Crippen LogP contribution in [0.4, 0.5) is 11.5 Å². The number of hydrogen-bond donors (Lipinski definition) is 3. The van der Waals surface area contributed by atoms with E-state index in [-0.39, 0.29) is 5.91 Å². The highest BCUT2D eigenvalue weighted by molar-refractivity contribution is 6.09. The molecule has 1 aliphatic rings. The van der Waals surface area contributed by atoms with Crippen LogP contribution in [0.5, 0.6) is 0 Å². The molecule has 1 aromatic carbocycles. The summed E-state index contributed by atoms with van der Waals surface area (Å²) in [7, 11) is 2.14. The van der Waals surface area contributed by atoms with E-state index in [0.717, 1.165) is 53.5 Å². The molecule has 0 spiro atoms. The van der Waals surface area contributed by atoms with E-state index in [1.807, 2.05) is 43.3 Å². The molecule has 0 atom stereocenters. The van der Waals surface area contributed by atoms with Crippen molar-refractivity contribution in [3.05, 3.63) is 66.1 Å². The third-order valence-corrected chi connectivity index (χ3v) is 5.85. The molecule has 3 aromatic rings. The van der Waals surface area contributed by atoms with Crippen molar-refractivity contribution in [3.63, 3.8) is 0 Å². The standard InChI is InChI=1S/C25H28N6O/c1-3-17(13-26)18-4-5-19-15-28-24(12-20(19)10-18)30-25(32)21-11-23(16-27-14-21)29-22-6-8-31(2)9-7-22/h3-5,10-16,22,26,29H,6-9H2,1-2H3,(H,28,30,32)/b17-3+,26-13?. The number of likely N-dealkylation sites (tertiary alicyclic amines) is 1. The Labute approximate surface area is 188 Å². The first-order valence-electron chi connectivity index (χ1n) is 10.8. The molecule has 3 heterocycles. The highest BCUT2D eigenvalue weighted by atomic mass is 16.1. The summed E-state index contributed by atoms with van der Waals surface area (Å²) in [6, 6.07) is 10.0. The molecule has 4 rings (SSSR count). The number of rotatable bonds is 6. The molecule has 32 heavy (non-hydrogen) atoms. The molecule has 0 radical (unpaired) electrons. The van der Waals surface area contributed by atoms with Crippen LogP contribution in [0, 0.1) is 5.41 Å². The van der Waals surface area contributed by atoms with Crippen molar-refractivity contribution in [2.75, 3.05) is 30.8 Å². The minimum atomic E-state index is -0.249. The normalized spacial score (nSPS) is 15.5. The van der Waals surface area contributed by atoms with E-state index in [1.54, 1.807) is 18.6 Å². The highest BCUT2D eigenvalue weighted by Crippen LogP contribution is 2.23. The Morgan fingerprint density at radius 3 is 2.66 bits per heavy atom. The van der Waals surface area contributed by atoms with Gasteiger partial charge in [0.2, 0.25) is 0 Å². The van der Waals surface area contributed by atoms with Crippen LogP contribution in [0.3, 0.4) is 0 Å². The Morgan fingerprint density at radius 2 is 1.91 bits per heavy atom. The van der Waals surface area contributed by atoms with Crippen LogP contribution in [0.1, 0.15) is 35.7 Å². The first-order chi connectivity index (χ1) is 15.6. The molecular weight excluding hydrogens is 400 g/mol. The summed E-state index contributed by atoms with van der Waals surface area (Å²) in [5.41, 5.74) is 3.14. The lowest BCUT2D eigenvalue weighted by molar-refractivity contribution is 0.102. The lowest BCUT2D eigenvalue weighted by Crippen LogP contribution is -2.36. The van der Waals surface area contributed by atoms with Gasteiger partial charge in [-0.2, -0.15) is 0 Å². The van der Waals surface area contributed by atoms with Crippen molar-refractivity contribution in [1.29, 1.82) is 5.41 Å². The van der Waals surface area contributed by atoms with Crippen LogP contribution in [0.2, 0.25) is 0 Å². The van der Waals surface area contributed by atoms with Crippen molar-refractivity contribution in [2.24, 2.45) is 0 Å². The number of carbonyl (C=O) groups excluding carboxylic acids is 1. The number of fused-ring (bicyclic) bond motifs is 1. The maximum atomic E-state index is 12.8. The van der Waals surface area contributed by atoms with Gasteiger partial charge < -0.3 is 20.9 Å². The van der Waals surface area contributed by atoms with Gasteiger partial charge in [0.25, 0.3) is 5.91 Å². The number of nitrogens with one attached hydrogen (secondary N) is 3. The van der Waals surface area contributed by atoms with Gasteiger partial charge in [0, 0.05) is 36.2 Å². The molecule has 1 amide bonds. The average Bonchev–Trinajstić information content (AvgIpc) is 2.81. The summed E-state index contributed by atoms with van der Waals surface area (Å²) >= 11 is 0. The Bertz CT molecular complexity index is 1160. The van der Waals surface area contributed by atoms with Gasteiger partial charge in [0.15, 0.2) is 0 Å². The topological polar surface area (TPSA) is 94.0 Å². The number of carbonyl (C=O) groups is 1. The maximum absolute atomic E-state index is 12.8. The van der Waals surface area contributed by atoms with Crippen molar-refractivity contribution in [1.82, 2.24) is 14.9 Å². The monoisotopic (exact) mass is 428 g/mol. The zero-order valence-corrected chi connectivity index (χ0v) is 18.4. The smallest absolute Gasteiger partial charge is 0.258 e. The first-order valence-corrected chi connectivity index (χ1v) is 10.8. The predicted molar refractivity (Wildman–Crippen MR) is 131 cm³/mol. The second-order valence-electron chi connectivity index (χ2n) is 8.16. The van der Waals surface area contributed by atoms with Gasteiger partial charge in [-0.15, -0.1) is 0 Å². The maximum Gasteiger partial charge on any atom is 0.258 e. The van der Waals surface area contributed by atoms with Gasteiger partial charge in [-0.1, -0.05) is 18.2 Å². The quantitative estimate of drug-likeness (QED) is 0.505. The van der Waals surface area contributed by atoms with Crippen molar-refractivity contribution < 1.29 is 4.79 Å². The molecule has 2 aromatic heterocycles. The van der Waals surface area contributed by atoms with Gasteiger partial charge in [-0.3, -0.25) is 9.78 Å². The summed E-state index contributed by atoms with van der Waals surface area (Å²) in [6.07, 6.45) is 10.4. The number of allylic oxidation sites excluding steroid dienone is 2. The van der Waals surface area contributed by atoms with Crippen LogP contribution in [0.15, 0.2) is 55.0 Å². The minimum absolute atomic E-state index is 0.249. The largest absolute Gasteiger partial charge is 0.381 e. The number of aromatic nitrogens is 2. The summed E-state index contributed by atoms with van der Waals surface area (Å²) in [6.45, 7) is 4.04.